The summed E-state index contributed by atoms with van der Waals surface area (Å²) in [6.07, 6.45) is 0. The van der Waals surface area contributed by atoms with E-state index in [0.717, 1.165) is 6.07 Å². The van der Waals surface area contributed by atoms with E-state index in [1.807, 2.05) is 0 Å². The summed E-state index contributed by atoms with van der Waals surface area (Å²) in [6.45, 7) is 0.249. The fourth-order valence-corrected chi connectivity index (χ4v) is 1.85. The van der Waals surface area contributed by atoms with Gasteiger partial charge in [-0.2, -0.15) is 0 Å². The minimum absolute atomic E-state index is 0.249. The summed E-state index contributed by atoms with van der Waals surface area (Å²) in [7, 11) is 1.42. The number of anilines is 1. The Balaban J connectivity index is 2.13. The molecule has 0 aliphatic rings. The van der Waals surface area contributed by atoms with E-state index < -0.39 is 17.6 Å². The van der Waals surface area contributed by atoms with Crippen molar-refractivity contribution < 1.29 is 23.4 Å². The molecule has 0 fully saturated rings. The lowest BCUT2D eigenvalue weighted by atomic mass is 10.1. The number of carbonyl (C=O) groups is 1. The van der Waals surface area contributed by atoms with Crippen molar-refractivity contribution in [3.63, 3.8) is 0 Å². The van der Waals surface area contributed by atoms with Crippen LogP contribution in [0.5, 0.6) is 5.75 Å². The monoisotopic (exact) mass is 293 g/mol. The molecule has 2 aromatic carbocycles. The minimum Gasteiger partial charge on any atom is -0.494 e. The highest BCUT2D eigenvalue weighted by molar-refractivity contribution is 5.87. The van der Waals surface area contributed by atoms with E-state index in [1.54, 1.807) is 0 Å². The molecule has 21 heavy (non-hydrogen) atoms. The summed E-state index contributed by atoms with van der Waals surface area (Å²) < 4.78 is 31.6. The molecular formula is C15H13F2NO3. The Hall–Kier alpha value is -2.63. The number of ether oxygens (including phenoxy) is 1. The molecule has 0 radical (unpaired) electrons. The predicted octanol–water partition coefficient (Wildman–Crippen LogP) is 3.28. The Morgan fingerprint density at radius 2 is 2.00 bits per heavy atom. The maximum absolute atomic E-state index is 13.5. The van der Waals surface area contributed by atoms with E-state index in [1.165, 1.54) is 37.4 Å². The summed E-state index contributed by atoms with van der Waals surface area (Å²) in [6, 6.07) is 7.88. The van der Waals surface area contributed by atoms with E-state index in [-0.39, 0.29) is 12.1 Å². The largest absolute Gasteiger partial charge is 0.494 e. The molecule has 2 aromatic rings. The third-order valence-electron chi connectivity index (χ3n) is 2.91. The fourth-order valence-electron chi connectivity index (χ4n) is 1.85. The van der Waals surface area contributed by atoms with E-state index >= 15 is 0 Å². The van der Waals surface area contributed by atoms with Crippen molar-refractivity contribution in [1.82, 2.24) is 0 Å². The average Bonchev–Trinajstić information content (AvgIpc) is 2.45. The quantitative estimate of drug-likeness (QED) is 0.888. The lowest BCUT2D eigenvalue weighted by molar-refractivity contribution is 0.0692. The van der Waals surface area contributed by atoms with Gasteiger partial charge in [-0.3, -0.25) is 0 Å². The number of aromatic carboxylic acids is 1. The standard InChI is InChI=1S/C15H13F2NO3/c1-21-14-7-10(16)3-5-13(14)18-8-9-2-4-11(15(19)20)12(17)6-9/h2-7,18H,8H2,1H3,(H,19,20). The van der Waals surface area contributed by atoms with Crippen molar-refractivity contribution >= 4 is 11.7 Å². The zero-order chi connectivity index (χ0) is 15.4. The summed E-state index contributed by atoms with van der Waals surface area (Å²) in [5.74, 6) is -2.20. The predicted molar refractivity (Wildman–Crippen MR) is 73.6 cm³/mol. The normalized spacial score (nSPS) is 10.2. The van der Waals surface area contributed by atoms with Crippen LogP contribution in [-0.4, -0.2) is 18.2 Å². The molecule has 0 unspecified atom stereocenters. The zero-order valence-electron chi connectivity index (χ0n) is 11.2. The van der Waals surface area contributed by atoms with Crippen LogP contribution < -0.4 is 10.1 Å². The second-order valence-electron chi connectivity index (χ2n) is 4.32. The van der Waals surface area contributed by atoms with Gasteiger partial charge in [0.15, 0.2) is 0 Å². The second-order valence-corrected chi connectivity index (χ2v) is 4.32. The Labute approximate surface area is 120 Å². The van der Waals surface area contributed by atoms with Crippen molar-refractivity contribution in [3.8, 4) is 5.75 Å². The van der Waals surface area contributed by atoms with Gasteiger partial charge in [-0.25, -0.2) is 13.6 Å². The van der Waals surface area contributed by atoms with Crippen molar-refractivity contribution in [3.05, 3.63) is 59.2 Å². The number of methoxy groups -OCH3 is 1. The highest BCUT2D eigenvalue weighted by Gasteiger charge is 2.10. The van der Waals surface area contributed by atoms with Crippen LogP contribution in [0.2, 0.25) is 0 Å². The molecule has 0 saturated heterocycles. The molecule has 110 valence electrons. The molecule has 0 aromatic heterocycles. The maximum Gasteiger partial charge on any atom is 0.338 e. The van der Waals surface area contributed by atoms with Crippen LogP contribution in [-0.2, 0) is 6.54 Å². The number of nitrogens with one attached hydrogen (secondary N) is 1. The fraction of sp³-hybridized carbons (Fsp3) is 0.133. The Bertz CT molecular complexity index is 674. The number of rotatable bonds is 5. The SMILES string of the molecule is COc1cc(F)ccc1NCc1ccc(C(=O)O)c(F)c1. The maximum atomic E-state index is 13.5. The first-order valence-electron chi connectivity index (χ1n) is 6.10. The van der Waals surface area contributed by atoms with Crippen LogP contribution in [0.15, 0.2) is 36.4 Å². The average molecular weight is 293 g/mol. The number of halogens is 2. The van der Waals surface area contributed by atoms with Gasteiger partial charge in [-0.15, -0.1) is 0 Å². The van der Waals surface area contributed by atoms with Crippen molar-refractivity contribution in [2.75, 3.05) is 12.4 Å². The van der Waals surface area contributed by atoms with E-state index in [2.05, 4.69) is 5.32 Å². The molecule has 4 nitrogen and oxygen atoms in total. The van der Waals surface area contributed by atoms with Crippen LogP contribution in [0.4, 0.5) is 14.5 Å². The first-order chi connectivity index (χ1) is 10.0. The number of carboxylic acids is 1. The molecule has 0 aliphatic heterocycles. The Morgan fingerprint density at radius 1 is 1.24 bits per heavy atom. The Kier molecular flexibility index (Phi) is 4.37. The third kappa shape index (κ3) is 3.47. The molecule has 0 saturated carbocycles. The summed E-state index contributed by atoms with van der Waals surface area (Å²) in [4.78, 5) is 10.7. The summed E-state index contributed by atoms with van der Waals surface area (Å²) in [5.41, 5.74) is 0.739. The van der Waals surface area contributed by atoms with Gasteiger partial charge in [0, 0.05) is 12.6 Å². The summed E-state index contributed by atoms with van der Waals surface area (Å²) >= 11 is 0. The van der Waals surface area contributed by atoms with Crippen LogP contribution in [0.3, 0.4) is 0 Å². The number of carboxylic acid groups (broad SMARTS) is 1. The van der Waals surface area contributed by atoms with Gasteiger partial charge in [0.25, 0.3) is 0 Å². The Morgan fingerprint density at radius 3 is 2.62 bits per heavy atom. The van der Waals surface area contributed by atoms with Crippen LogP contribution in [0.1, 0.15) is 15.9 Å². The lowest BCUT2D eigenvalue weighted by Gasteiger charge is -2.11. The molecule has 0 spiro atoms. The van der Waals surface area contributed by atoms with Crippen molar-refractivity contribution in [2.45, 2.75) is 6.54 Å². The van der Waals surface area contributed by atoms with Crippen molar-refractivity contribution in [2.24, 2.45) is 0 Å². The lowest BCUT2D eigenvalue weighted by Crippen LogP contribution is -2.05. The zero-order valence-corrected chi connectivity index (χ0v) is 11.2. The molecule has 0 bridgehead atoms. The van der Waals surface area contributed by atoms with Crippen LogP contribution >= 0.6 is 0 Å². The van der Waals surface area contributed by atoms with E-state index in [0.29, 0.717) is 17.0 Å². The molecule has 0 amide bonds. The molecule has 0 aliphatic carbocycles. The van der Waals surface area contributed by atoms with Gasteiger partial charge in [-0.1, -0.05) is 6.07 Å². The van der Waals surface area contributed by atoms with Gasteiger partial charge in [-0.05, 0) is 29.8 Å². The van der Waals surface area contributed by atoms with Gasteiger partial charge >= 0.3 is 5.97 Å². The first kappa shape index (κ1) is 14.8. The van der Waals surface area contributed by atoms with Crippen LogP contribution in [0, 0.1) is 11.6 Å². The van der Waals surface area contributed by atoms with Crippen LogP contribution in [0.25, 0.3) is 0 Å². The van der Waals surface area contributed by atoms with E-state index in [4.69, 9.17) is 9.84 Å². The molecule has 0 heterocycles. The van der Waals surface area contributed by atoms with Crippen molar-refractivity contribution in [1.29, 1.82) is 0 Å². The van der Waals surface area contributed by atoms with Gasteiger partial charge in [0.2, 0.25) is 0 Å². The third-order valence-corrected chi connectivity index (χ3v) is 2.91. The molecule has 0 atom stereocenters. The second kappa shape index (κ2) is 6.21. The highest BCUT2D eigenvalue weighted by Crippen LogP contribution is 2.25. The highest BCUT2D eigenvalue weighted by atomic mass is 19.1. The number of hydrogen-bond acceptors (Lipinski definition) is 3. The molecule has 2 rings (SSSR count). The molecule has 6 heteroatoms. The van der Waals surface area contributed by atoms with Gasteiger partial charge in [0.1, 0.15) is 17.4 Å². The smallest absolute Gasteiger partial charge is 0.338 e. The molecular weight excluding hydrogens is 280 g/mol. The molecule has 2 N–H and O–H groups in total. The number of hydrogen-bond donors (Lipinski definition) is 2. The first-order valence-corrected chi connectivity index (χ1v) is 6.10. The van der Waals surface area contributed by atoms with Gasteiger partial charge in [0.05, 0.1) is 18.4 Å². The van der Waals surface area contributed by atoms with E-state index in [9.17, 15) is 13.6 Å². The topological polar surface area (TPSA) is 58.6 Å². The summed E-state index contributed by atoms with van der Waals surface area (Å²) in [5, 5.41) is 11.7. The number of benzene rings is 2. The van der Waals surface area contributed by atoms with Gasteiger partial charge < -0.3 is 15.2 Å². The minimum atomic E-state index is -1.31.